The fraction of sp³-hybridized carbons (Fsp3) is 0.611. The first-order valence-electron chi connectivity index (χ1n) is 8.21. The number of carboxylic acid groups (broad SMARTS) is 1. The second-order valence-electron chi connectivity index (χ2n) is 5.27. The van der Waals surface area contributed by atoms with Crippen molar-refractivity contribution in [1.82, 2.24) is 0 Å². The summed E-state index contributed by atoms with van der Waals surface area (Å²) in [6, 6.07) is 0. The van der Waals surface area contributed by atoms with Gasteiger partial charge in [-0.1, -0.05) is 69.1 Å². The summed E-state index contributed by atoms with van der Waals surface area (Å²) in [6.07, 6.45) is 19.5. The SMILES string of the molecule is CCC=CC/C=C\C=C\C(CCCCCCCC(=O)O)OO. The first kappa shape index (κ1) is 20.6. The lowest BCUT2D eigenvalue weighted by atomic mass is 10.1. The van der Waals surface area contributed by atoms with Crippen LogP contribution in [0.4, 0.5) is 0 Å². The molecule has 0 aliphatic rings. The van der Waals surface area contributed by atoms with Gasteiger partial charge in [-0.25, -0.2) is 4.89 Å². The molecule has 0 fully saturated rings. The highest BCUT2D eigenvalue weighted by molar-refractivity contribution is 5.66. The Balaban J connectivity index is 3.65. The predicted molar refractivity (Wildman–Crippen MR) is 89.8 cm³/mol. The van der Waals surface area contributed by atoms with Crippen molar-refractivity contribution in [1.29, 1.82) is 0 Å². The summed E-state index contributed by atoms with van der Waals surface area (Å²) in [5.41, 5.74) is 0. The summed E-state index contributed by atoms with van der Waals surface area (Å²) in [4.78, 5) is 14.8. The van der Waals surface area contributed by atoms with Gasteiger partial charge in [-0.05, 0) is 25.7 Å². The van der Waals surface area contributed by atoms with Crippen LogP contribution >= 0.6 is 0 Å². The number of hydrogen-bond donors (Lipinski definition) is 2. The van der Waals surface area contributed by atoms with Crippen molar-refractivity contribution in [2.75, 3.05) is 0 Å². The molecule has 0 spiro atoms. The fourth-order valence-electron chi connectivity index (χ4n) is 2.02. The van der Waals surface area contributed by atoms with Crippen LogP contribution in [0.1, 0.15) is 64.7 Å². The van der Waals surface area contributed by atoms with Gasteiger partial charge in [-0.15, -0.1) is 0 Å². The first-order valence-corrected chi connectivity index (χ1v) is 8.21. The van der Waals surface area contributed by atoms with E-state index in [1.807, 2.05) is 18.2 Å². The highest BCUT2D eigenvalue weighted by Crippen LogP contribution is 2.11. The quantitative estimate of drug-likeness (QED) is 0.153. The lowest BCUT2D eigenvalue weighted by molar-refractivity contribution is -0.267. The van der Waals surface area contributed by atoms with Gasteiger partial charge in [0.05, 0.1) is 0 Å². The molecule has 0 aromatic rings. The number of aliphatic carboxylic acids is 1. The van der Waals surface area contributed by atoms with E-state index >= 15 is 0 Å². The molecule has 0 aliphatic heterocycles. The van der Waals surface area contributed by atoms with E-state index in [9.17, 15) is 4.79 Å². The summed E-state index contributed by atoms with van der Waals surface area (Å²) < 4.78 is 0. The molecule has 0 rings (SSSR count). The lowest BCUT2D eigenvalue weighted by Gasteiger charge is -2.08. The van der Waals surface area contributed by atoms with E-state index in [1.165, 1.54) is 0 Å². The van der Waals surface area contributed by atoms with Gasteiger partial charge in [0, 0.05) is 6.42 Å². The van der Waals surface area contributed by atoms with Gasteiger partial charge in [0.2, 0.25) is 0 Å². The molecule has 0 aliphatic carbocycles. The molecule has 4 heteroatoms. The predicted octanol–water partition coefficient (Wildman–Crippen LogP) is 5.13. The molecule has 1 unspecified atom stereocenters. The molecule has 0 radical (unpaired) electrons. The molecule has 0 aromatic carbocycles. The van der Waals surface area contributed by atoms with Gasteiger partial charge < -0.3 is 5.11 Å². The average Bonchev–Trinajstić information content (AvgIpc) is 2.50. The second kappa shape index (κ2) is 16.0. The largest absolute Gasteiger partial charge is 0.481 e. The van der Waals surface area contributed by atoms with E-state index in [2.05, 4.69) is 30.0 Å². The van der Waals surface area contributed by atoms with Gasteiger partial charge in [-0.3, -0.25) is 10.1 Å². The second-order valence-corrected chi connectivity index (χ2v) is 5.27. The minimum Gasteiger partial charge on any atom is -0.481 e. The Morgan fingerprint density at radius 1 is 1.05 bits per heavy atom. The minimum absolute atomic E-state index is 0.255. The Morgan fingerprint density at radius 3 is 2.45 bits per heavy atom. The normalized spacial score (nSPS) is 13.5. The molecule has 0 bridgehead atoms. The summed E-state index contributed by atoms with van der Waals surface area (Å²) in [5.74, 6) is -0.725. The van der Waals surface area contributed by atoms with Crippen molar-refractivity contribution < 1.29 is 20.0 Å². The number of hydrogen-bond acceptors (Lipinski definition) is 3. The number of carboxylic acids is 1. The summed E-state index contributed by atoms with van der Waals surface area (Å²) in [7, 11) is 0. The minimum atomic E-state index is -0.725. The van der Waals surface area contributed by atoms with Gasteiger partial charge in [0.15, 0.2) is 0 Å². The highest BCUT2D eigenvalue weighted by atomic mass is 17.1. The molecule has 22 heavy (non-hydrogen) atoms. The number of unbranched alkanes of at least 4 members (excludes halogenated alkanes) is 4. The summed E-state index contributed by atoms with van der Waals surface area (Å²) in [5, 5.41) is 17.4. The third-order valence-electron chi connectivity index (χ3n) is 3.26. The van der Waals surface area contributed by atoms with Gasteiger partial charge in [0.25, 0.3) is 0 Å². The standard InChI is InChI=1S/C18H30O4/c1-2-3-4-5-6-8-11-14-17(22-21)15-12-9-7-10-13-16-18(19)20/h3-4,6,8,11,14,17,21H,2,5,7,9-10,12-13,15-16H2,1H3,(H,19,20)/b4-3?,8-6-,14-11+. The number of rotatable bonds is 14. The van der Waals surface area contributed by atoms with Crippen LogP contribution in [0.2, 0.25) is 0 Å². The topological polar surface area (TPSA) is 66.8 Å². The molecule has 0 amide bonds. The van der Waals surface area contributed by atoms with Crippen LogP contribution < -0.4 is 0 Å². The zero-order valence-corrected chi connectivity index (χ0v) is 13.6. The average molecular weight is 310 g/mol. The van der Waals surface area contributed by atoms with Crippen LogP contribution in [0, 0.1) is 0 Å². The maximum Gasteiger partial charge on any atom is 0.303 e. The molecular weight excluding hydrogens is 280 g/mol. The van der Waals surface area contributed by atoms with Gasteiger partial charge in [0.1, 0.15) is 6.10 Å². The molecular formula is C18H30O4. The smallest absolute Gasteiger partial charge is 0.303 e. The summed E-state index contributed by atoms with van der Waals surface area (Å²) >= 11 is 0. The molecule has 126 valence electrons. The van der Waals surface area contributed by atoms with E-state index in [-0.39, 0.29) is 12.5 Å². The molecule has 0 heterocycles. The lowest BCUT2D eigenvalue weighted by Crippen LogP contribution is -2.06. The van der Waals surface area contributed by atoms with Crippen LogP contribution in [0.25, 0.3) is 0 Å². The molecule has 0 saturated heterocycles. The van der Waals surface area contributed by atoms with E-state index in [0.717, 1.165) is 51.4 Å². The van der Waals surface area contributed by atoms with E-state index in [0.29, 0.717) is 0 Å². The van der Waals surface area contributed by atoms with Crippen molar-refractivity contribution in [2.24, 2.45) is 0 Å². The maximum atomic E-state index is 10.4. The van der Waals surface area contributed by atoms with Crippen molar-refractivity contribution in [3.8, 4) is 0 Å². The Morgan fingerprint density at radius 2 is 1.77 bits per heavy atom. The molecule has 4 nitrogen and oxygen atoms in total. The monoisotopic (exact) mass is 310 g/mol. The van der Waals surface area contributed by atoms with Crippen molar-refractivity contribution in [2.45, 2.75) is 70.8 Å². The Labute approximate surface area is 134 Å². The van der Waals surface area contributed by atoms with Crippen LogP contribution in [0.3, 0.4) is 0 Å². The molecule has 0 aromatic heterocycles. The Bertz CT molecular complexity index is 345. The number of carbonyl (C=O) groups is 1. The Hall–Kier alpha value is -1.39. The van der Waals surface area contributed by atoms with Crippen LogP contribution in [0.15, 0.2) is 36.5 Å². The van der Waals surface area contributed by atoms with Gasteiger partial charge in [-0.2, -0.15) is 0 Å². The van der Waals surface area contributed by atoms with E-state index in [1.54, 1.807) is 0 Å². The van der Waals surface area contributed by atoms with Crippen LogP contribution in [-0.4, -0.2) is 22.4 Å². The van der Waals surface area contributed by atoms with E-state index in [4.69, 9.17) is 10.4 Å². The maximum absolute atomic E-state index is 10.4. The third kappa shape index (κ3) is 15.0. The molecule has 2 N–H and O–H groups in total. The van der Waals surface area contributed by atoms with Gasteiger partial charge >= 0.3 is 5.97 Å². The third-order valence-corrected chi connectivity index (χ3v) is 3.26. The molecule has 0 saturated carbocycles. The summed E-state index contributed by atoms with van der Waals surface area (Å²) in [6.45, 7) is 2.11. The zero-order chi connectivity index (χ0) is 16.5. The zero-order valence-electron chi connectivity index (χ0n) is 13.6. The highest BCUT2D eigenvalue weighted by Gasteiger charge is 2.03. The van der Waals surface area contributed by atoms with Crippen LogP contribution in [0.5, 0.6) is 0 Å². The Kier molecular flexibility index (Phi) is 15.0. The molecule has 1 atom stereocenters. The van der Waals surface area contributed by atoms with Crippen LogP contribution in [-0.2, 0) is 9.68 Å². The van der Waals surface area contributed by atoms with Crippen molar-refractivity contribution in [3.05, 3.63) is 36.5 Å². The van der Waals surface area contributed by atoms with Crippen molar-refractivity contribution in [3.63, 3.8) is 0 Å². The first-order chi connectivity index (χ1) is 10.7. The number of allylic oxidation sites excluding steroid dienone is 5. The fourth-order valence-corrected chi connectivity index (χ4v) is 2.02. The van der Waals surface area contributed by atoms with Crippen molar-refractivity contribution >= 4 is 5.97 Å². The van der Waals surface area contributed by atoms with E-state index < -0.39 is 5.97 Å².